The number of anilines is 2. The lowest BCUT2D eigenvalue weighted by Crippen LogP contribution is -2.21. The van der Waals surface area contributed by atoms with E-state index in [1.807, 2.05) is 17.6 Å². The molecule has 0 radical (unpaired) electrons. The van der Waals surface area contributed by atoms with Crippen molar-refractivity contribution in [3.8, 4) is 0 Å². The summed E-state index contributed by atoms with van der Waals surface area (Å²) < 4.78 is 22.1. The van der Waals surface area contributed by atoms with Gasteiger partial charge in [-0.25, -0.2) is 9.37 Å². The molecule has 0 saturated carbocycles. The van der Waals surface area contributed by atoms with E-state index < -0.39 is 8.07 Å². The van der Waals surface area contributed by atoms with Crippen LogP contribution in [0.1, 0.15) is 5.69 Å². The number of nitrogens with one attached hydrogen (secondary N) is 1. The number of hydrogen-bond acceptors (Lipinski definition) is 5. The highest BCUT2D eigenvalue weighted by Gasteiger charge is 2.13. The van der Waals surface area contributed by atoms with Crippen molar-refractivity contribution in [2.24, 2.45) is 0 Å². The van der Waals surface area contributed by atoms with Crippen LogP contribution in [0.15, 0.2) is 30.6 Å². The fourth-order valence-corrected chi connectivity index (χ4v) is 3.18. The van der Waals surface area contributed by atoms with Crippen LogP contribution in [0.4, 0.5) is 15.9 Å². The molecular weight excluding hydrogens is 349 g/mol. The second-order valence-corrected chi connectivity index (χ2v) is 13.2. The van der Waals surface area contributed by atoms with Crippen LogP contribution in [-0.4, -0.2) is 34.4 Å². The monoisotopic (exact) mass is 373 g/mol. The molecule has 2 aromatic heterocycles. The van der Waals surface area contributed by atoms with Gasteiger partial charge in [0.15, 0.2) is 5.82 Å². The van der Waals surface area contributed by atoms with E-state index in [0.717, 1.165) is 11.7 Å². The van der Waals surface area contributed by atoms with Crippen LogP contribution in [0.3, 0.4) is 0 Å². The first-order valence-electron chi connectivity index (χ1n) is 8.61. The van der Waals surface area contributed by atoms with Crippen LogP contribution in [0.5, 0.6) is 0 Å². The first-order valence-corrected chi connectivity index (χ1v) is 12.3. The third-order valence-electron chi connectivity index (χ3n) is 4.00. The summed E-state index contributed by atoms with van der Waals surface area (Å²) in [4.78, 5) is 4.35. The van der Waals surface area contributed by atoms with Gasteiger partial charge in [0.25, 0.3) is 0 Å². The Hall–Kier alpha value is -2.32. The summed E-state index contributed by atoms with van der Waals surface area (Å²) in [5, 5.41) is 10.9. The van der Waals surface area contributed by atoms with E-state index in [0.29, 0.717) is 35.9 Å². The number of aromatic nitrogens is 4. The molecule has 0 bridgehead atoms. The Morgan fingerprint density at radius 2 is 2.00 bits per heavy atom. The maximum Gasteiger partial charge on any atom is 0.153 e. The van der Waals surface area contributed by atoms with E-state index in [1.54, 1.807) is 18.5 Å². The summed E-state index contributed by atoms with van der Waals surface area (Å²) >= 11 is 0. The van der Waals surface area contributed by atoms with Crippen LogP contribution >= 0.6 is 0 Å². The maximum atomic E-state index is 14.5. The number of benzene rings is 1. The first-order chi connectivity index (χ1) is 12.3. The number of rotatable bonds is 7. The van der Waals surface area contributed by atoms with Crippen molar-refractivity contribution in [2.75, 3.05) is 11.9 Å². The Bertz CT molecular complexity index is 889. The van der Waals surface area contributed by atoms with Gasteiger partial charge >= 0.3 is 0 Å². The lowest BCUT2D eigenvalue weighted by atomic mass is 10.2. The van der Waals surface area contributed by atoms with Crippen molar-refractivity contribution in [3.05, 3.63) is 42.1 Å². The summed E-state index contributed by atoms with van der Waals surface area (Å²) in [5.74, 6) is 0.117. The topological polar surface area (TPSA) is 64.9 Å². The Kier molecular flexibility index (Phi) is 5.33. The lowest BCUT2D eigenvalue weighted by molar-refractivity contribution is 0.0898. The fraction of sp³-hybridized carbons (Fsp3) is 0.389. The Labute approximate surface area is 153 Å². The Morgan fingerprint density at radius 1 is 1.19 bits per heavy atom. The third kappa shape index (κ3) is 4.64. The summed E-state index contributed by atoms with van der Waals surface area (Å²) in [6.07, 6.45) is 1.67. The molecule has 0 aliphatic heterocycles. The highest BCUT2D eigenvalue weighted by molar-refractivity contribution is 6.76. The number of hydrogen-bond donors (Lipinski definition) is 1. The summed E-state index contributed by atoms with van der Waals surface area (Å²) in [7, 11) is -1.12. The number of ether oxygens (including phenoxy) is 1. The zero-order valence-corrected chi connectivity index (χ0v) is 16.6. The second kappa shape index (κ2) is 7.51. The highest BCUT2D eigenvalue weighted by atomic mass is 28.3. The van der Waals surface area contributed by atoms with Crippen LogP contribution < -0.4 is 5.32 Å². The molecule has 0 aliphatic carbocycles. The van der Waals surface area contributed by atoms with Crippen molar-refractivity contribution < 1.29 is 9.13 Å². The summed E-state index contributed by atoms with van der Waals surface area (Å²) in [6.45, 7) is 9.87. The van der Waals surface area contributed by atoms with Gasteiger partial charge in [0.05, 0.1) is 28.7 Å². The Balaban J connectivity index is 1.72. The predicted molar refractivity (Wildman–Crippen MR) is 104 cm³/mol. The third-order valence-corrected chi connectivity index (χ3v) is 5.70. The van der Waals surface area contributed by atoms with Gasteiger partial charge in [-0.1, -0.05) is 19.6 Å². The molecule has 3 aromatic rings. The molecule has 6 nitrogen and oxygen atoms in total. The molecule has 0 amide bonds. The van der Waals surface area contributed by atoms with Crippen molar-refractivity contribution in [1.29, 1.82) is 0 Å². The lowest BCUT2D eigenvalue weighted by Gasteiger charge is -2.15. The van der Waals surface area contributed by atoms with E-state index in [1.165, 1.54) is 6.07 Å². The molecule has 138 valence electrons. The van der Waals surface area contributed by atoms with Gasteiger partial charge in [-0.05, 0) is 31.2 Å². The maximum absolute atomic E-state index is 14.5. The predicted octanol–water partition coefficient (Wildman–Crippen LogP) is 4.33. The van der Waals surface area contributed by atoms with E-state index >= 15 is 0 Å². The molecule has 0 aliphatic rings. The highest BCUT2D eigenvalue weighted by Crippen LogP contribution is 2.24. The SMILES string of the molecule is Cc1ccc(Nc2cc3ncn(COCC[Si](C)(C)C)c3cc2F)nn1. The van der Waals surface area contributed by atoms with Gasteiger partial charge < -0.3 is 14.6 Å². The fourth-order valence-electron chi connectivity index (χ4n) is 2.42. The minimum atomic E-state index is -1.12. The molecule has 0 atom stereocenters. The molecule has 1 N–H and O–H groups in total. The van der Waals surface area contributed by atoms with Crippen LogP contribution in [0.2, 0.25) is 25.7 Å². The standard InChI is InChI=1S/C18H24FN5OSi/c1-13-5-6-18(23-22-13)21-15-10-16-17(9-14(15)19)24(11-20-16)12-25-7-8-26(2,3)4/h5-6,9-11H,7-8,12H2,1-4H3,(H,21,23). The quantitative estimate of drug-likeness (QED) is 0.493. The van der Waals surface area contributed by atoms with E-state index in [2.05, 4.69) is 40.1 Å². The van der Waals surface area contributed by atoms with E-state index in [-0.39, 0.29) is 5.82 Å². The Morgan fingerprint density at radius 3 is 2.69 bits per heavy atom. The minimum Gasteiger partial charge on any atom is -0.361 e. The molecule has 0 unspecified atom stereocenters. The molecule has 2 heterocycles. The van der Waals surface area contributed by atoms with Gasteiger partial charge in [0, 0.05) is 20.7 Å². The van der Waals surface area contributed by atoms with Gasteiger partial charge in [-0.3, -0.25) is 0 Å². The van der Waals surface area contributed by atoms with Gasteiger partial charge in [-0.15, -0.1) is 5.10 Å². The van der Waals surface area contributed by atoms with Crippen LogP contribution in [0, 0.1) is 12.7 Å². The molecule has 0 spiro atoms. The normalized spacial score (nSPS) is 11.9. The van der Waals surface area contributed by atoms with Crippen molar-refractivity contribution >= 4 is 30.6 Å². The van der Waals surface area contributed by atoms with Gasteiger partial charge in [0.1, 0.15) is 12.5 Å². The largest absolute Gasteiger partial charge is 0.361 e. The van der Waals surface area contributed by atoms with Gasteiger partial charge in [0.2, 0.25) is 0 Å². The number of aryl methyl sites for hydroxylation is 1. The summed E-state index contributed by atoms with van der Waals surface area (Å²) in [6, 6.07) is 7.81. The number of imidazole rings is 1. The van der Waals surface area contributed by atoms with Crippen molar-refractivity contribution in [2.45, 2.75) is 39.3 Å². The number of halogens is 1. The van der Waals surface area contributed by atoms with E-state index in [4.69, 9.17) is 4.74 Å². The number of fused-ring (bicyclic) bond motifs is 1. The molecule has 1 aromatic carbocycles. The smallest absolute Gasteiger partial charge is 0.153 e. The number of nitrogens with zero attached hydrogens (tertiary/aromatic N) is 4. The molecular formula is C18H24FN5OSi. The first kappa shape index (κ1) is 18.5. The minimum absolute atomic E-state index is 0.320. The van der Waals surface area contributed by atoms with Gasteiger partial charge in [-0.2, -0.15) is 5.10 Å². The second-order valence-electron chi connectivity index (χ2n) is 7.57. The zero-order chi connectivity index (χ0) is 18.7. The molecule has 26 heavy (non-hydrogen) atoms. The van der Waals surface area contributed by atoms with Crippen molar-refractivity contribution in [1.82, 2.24) is 19.7 Å². The zero-order valence-electron chi connectivity index (χ0n) is 15.6. The van der Waals surface area contributed by atoms with Crippen LogP contribution in [0.25, 0.3) is 11.0 Å². The average molecular weight is 374 g/mol. The molecule has 3 rings (SSSR count). The van der Waals surface area contributed by atoms with E-state index in [9.17, 15) is 4.39 Å². The summed E-state index contributed by atoms with van der Waals surface area (Å²) in [5.41, 5.74) is 2.53. The molecule has 0 saturated heterocycles. The molecule has 0 fully saturated rings. The van der Waals surface area contributed by atoms with Crippen molar-refractivity contribution in [3.63, 3.8) is 0 Å². The average Bonchev–Trinajstić information content (AvgIpc) is 2.95. The van der Waals surface area contributed by atoms with Crippen LogP contribution in [-0.2, 0) is 11.5 Å². The molecule has 8 heteroatoms.